The van der Waals surface area contributed by atoms with Crippen molar-refractivity contribution >= 4 is 33.0 Å². The predicted molar refractivity (Wildman–Crippen MR) is 110 cm³/mol. The zero-order valence-corrected chi connectivity index (χ0v) is 17.3. The van der Waals surface area contributed by atoms with E-state index >= 15 is 0 Å². The van der Waals surface area contributed by atoms with E-state index in [1.54, 1.807) is 0 Å². The Balaban J connectivity index is 1.43. The summed E-state index contributed by atoms with van der Waals surface area (Å²) in [6.07, 6.45) is 0. The van der Waals surface area contributed by atoms with Gasteiger partial charge in [-0.05, 0) is 53.9 Å². The molecular weight excluding hydrogens is 445 g/mol. The lowest BCUT2D eigenvalue weighted by Crippen LogP contribution is -2.14. The molecule has 0 amide bonds. The fraction of sp³-hybridized carbons (Fsp3) is 0.0500. The highest BCUT2D eigenvalue weighted by molar-refractivity contribution is 7.92. The van der Waals surface area contributed by atoms with Crippen LogP contribution in [0.5, 0.6) is 0 Å². The number of carbonyl (C=O) groups excluding carboxylic acids is 1. The zero-order chi connectivity index (χ0) is 21.8. The van der Waals surface area contributed by atoms with Crippen LogP contribution >= 0.6 is 11.3 Å². The Kier molecular flexibility index (Phi) is 5.78. The van der Waals surface area contributed by atoms with Crippen molar-refractivity contribution in [1.29, 1.82) is 0 Å². The highest BCUT2D eigenvalue weighted by Gasteiger charge is 2.18. The Morgan fingerprint density at radius 3 is 2.68 bits per heavy atom. The van der Waals surface area contributed by atoms with E-state index in [-0.39, 0.29) is 28.6 Å². The van der Waals surface area contributed by atoms with Gasteiger partial charge in [0.2, 0.25) is 5.82 Å². The third-order valence-corrected chi connectivity index (χ3v) is 6.26. The molecule has 158 valence electrons. The molecule has 0 unspecified atom stereocenters. The van der Waals surface area contributed by atoms with Gasteiger partial charge in [-0.3, -0.25) is 4.72 Å². The second-order valence-electron chi connectivity index (χ2n) is 6.21. The SMILES string of the molecule is O=C(OCc1nc(-c2cccs2)no1)c1cccc(S(=O)(=O)Nc2ccc(F)cc2)c1. The minimum atomic E-state index is -3.99. The molecule has 0 fully saturated rings. The lowest BCUT2D eigenvalue weighted by Gasteiger charge is -2.09. The van der Waals surface area contributed by atoms with Gasteiger partial charge in [0.05, 0.1) is 15.3 Å². The summed E-state index contributed by atoms with van der Waals surface area (Å²) in [5, 5.41) is 5.70. The monoisotopic (exact) mass is 459 g/mol. The van der Waals surface area contributed by atoms with Gasteiger partial charge in [-0.25, -0.2) is 17.6 Å². The Morgan fingerprint density at radius 1 is 1.13 bits per heavy atom. The van der Waals surface area contributed by atoms with E-state index in [1.807, 2.05) is 17.5 Å². The molecule has 0 bridgehead atoms. The molecule has 4 aromatic rings. The summed E-state index contributed by atoms with van der Waals surface area (Å²) < 4.78 is 50.7. The van der Waals surface area contributed by atoms with E-state index in [2.05, 4.69) is 14.9 Å². The normalized spacial score (nSPS) is 11.3. The van der Waals surface area contributed by atoms with Gasteiger partial charge in [-0.1, -0.05) is 17.3 Å². The van der Waals surface area contributed by atoms with E-state index < -0.39 is 21.8 Å². The maximum absolute atomic E-state index is 13.0. The maximum Gasteiger partial charge on any atom is 0.338 e. The standard InChI is InChI=1S/C20H14FN3O5S2/c21-14-6-8-15(9-7-14)24-31(26,27)16-4-1-3-13(11-16)20(25)28-12-18-22-19(23-29-18)17-5-2-10-30-17/h1-11,24H,12H2. The van der Waals surface area contributed by atoms with Crippen LogP contribution in [0.3, 0.4) is 0 Å². The number of anilines is 1. The van der Waals surface area contributed by atoms with Crippen LogP contribution in [-0.2, 0) is 21.4 Å². The Hall–Kier alpha value is -3.57. The molecule has 0 atom stereocenters. The fourth-order valence-electron chi connectivity index (χ4n) is 2.55. The molecule has 0 spiro atoms. The van der Waals surface area contributed by atoms with Crippen molar-refractivity contribution in [3.8, 4) is 10.7 Å². The second kappa shape index (κ2) is 8.66. The molecule has 8 nitrogen and oxygen atoms in total. The average molecular weight is 459 g/mol. The highest BCUT2D eigenvalue weighted by atomic mass is 32.2. The molecular formula is C20H14FN3O5S2. The van der Waals surface area contributed by atoms with Crippen molar-refractivity contribution in [2.75, 3.05) is 4.72 Å². The first kappa shape index (κ1) is 20.7. The molecule has 0 radical (unpaired) electrons. The van der Waals surface area contributed by atoms with Crippen LogP contribution in [0.4, 0.5) is 10.1 Å². The first-order valence-corrected chi connectivity index (χ1v) is 11.2. The lowest BCUT2D eigenvalue weighted by atomic mass is 10.2. The Labute approximate surface area is 180 Å². The van der Waals surface area contributed by atoms with Crippen molar-refractivity contribution in [2.24, 2.45) is 0 Å². The summed E-state index contributed by atoms with van der Waals surface area (Å²) >= 11 is 1.44. The summed E-state index contributed by atoms with van der Waals surface area (Å²) in [5.74, 6) is -0.745. The number of nitrogens with zero attached hydrogens (tertiary/aromatic N) is 2. The minimum Gasteiger partial charge on any atom is -0.452 e. The van der Waals surface area contributed by atoms with Gasteiger partial charge < -0.3 is 9.26 Å². The van der Waals surface area contributed by atoms with Crippen LogP contribution in [0.2, 0.25) is 0 Å². The zero-order valence-electron chi connectivity index (χ0n) is 15.7. The van der Waals surface area contributed by atoms with Gasteiger partial charge in [0.25, 0.3) is 15.9 Å². The smallest absolute Gasteiger partial charge is 0.338 e. The van der Waals surface area contributed by atoms with E-state index in [0.29, 0.717) is 5.82 Å². The molecule has 11 heteroatoms. The number of hydrogen-bond acceptors (Lipinski definition) is 8. The van der Waals surface area contributed by atoms with Crippen molar-refractivity contribution in [3.05, 3.63) is 83.3 Å². The van der Waals surface area contributed by atoms with E-state index in [9.17, 15) is 17.6 Å². The number of thiophene rings is 1. The van der Waals surface area contributed by atoms with Gasteiger partial charge in [0.1, 0.15) is 5.82 Å². The number of benzene rings is 2. The van der Waals surface area contributed by atoms with Gasteiger partial charge in [0.15, 0.2) is 6.61 Å². The number of carbonyl (C=O) groups is 1. The summed E-state index contributed by atoms with van der Waals surface area (Å²) in [6, 6.07) is 13.9. The molecule has 0 aliphatic heterocycles. The van der Waals surface area contributed by atoms with E-state index in [4.69, 9.17) is 9.26 Å². The molecule has 0 aliphatic rings. The van der Waals surface area contributed by atoms with E-state index in [0.717, 1.165) is 17.0 Å². The van der Waals surface area contributed by atoms with Crippen LogP contribution in [0.25, 0.3) is 10.7 Å². The predicted octanol–water partition coefficient (Wildman–Crippen LogP) is 4.10. The number of rotatable bonds is 7. The number of hydrogen-bond donors (Lipinski definition) is 1. The number of aromatic nitrogens is 2. The van der Waals surface area contributed by atoms with Crippen molar-refractivity contribution in [1.82, 2.24) is 10.1 Å². The average Bonchev–Trinajstić information content (AvgIpc) is 3.45. The maximum atomic E-state index is 13.0. The largest absolute Gasteiger partial charge is 0.452 e. The van der Waals surface area contributed by atoms with Crippen LogP contribution < -0.4 is 4.72 Å². The summed E-state index contributed by atoms with van der Waals surface area (Å²) in [5.41, 5.74) is 0.215. The highest BCUT2D eigenvalue weighted by Crippen LogP contribution is 2.22. The topological polar surface area (TPSA) is 111 Å². The fourth-order valence-corrected chi connectivity index (χ4v) is 4.31. The summed E-state index contributed by atoms with van der Waals surface area (Å²) in [4.78, 5) is 17.2. The molecule has 2 aromatic heterocycles. The van der Waals surface area contributed by atoms with Crippen molar-refractivity contribution in [3.63, 3.8) is 0 Å². The number of nitrogens with one attached hydrogen (secondary N) is 1. The van der Waals surface area contributed by atoms with Crippen molar-refractivity contribution < 1.29 is 26.9 Å². The molecule has 4 rings (SSSR count). The first-order valence-electron chi connectivity index (χ1n) is 8.83. The molecule has 2 aromatic carbocycles. The van der Waals surface area contributed by atoms with Crippen LogP contribution in [0.1, 0.15) is 16.2 Å². The molecule has 0 saturated carbocycles. The lowest BCUT2D eigenvalue weighted by molar-refractivity contribution is 0.0429. The van der Waals surface area contributed by atoms with E-state index in [1.165, 1.54) is 47.7 Å². The quantitative estimate of drug-likeness (QED) is 0.414. The Bertz CT molecular complexity index is 1300. The summed E-state index contributed by atoms with van der Waals surface area (Å²) in [7, 11) is -3.99. The second-order valence-corrected chi connectivity index (χ2v) is 8.84. The first-order chi connectivity index (χ1) is 14.9. The van der Waals surface area contributed by atoms with Gasteiger partial charge >= 0.3 is 5.97 Å². The van der Waals surface area contributed by atoms with Gasteiger partial charge in [-0.2, -0.15) is 4.98 Å². The van der Waals surface area contributed by atoms with Crippen LogP contribution in [-0.4, -0.2) is 24.5 Å². The number of esters is 1. The molecule has 0 aliphatic carbocycles. The van der Waals surface area contributed by atoms with Crippen LogP contribution in [0.15, 0.2) is 75.5 Å². The minimum absolute atomic E-state index is 0.0278. The van der Waals surface area contributed by atoms with Gasteiger partial charge in [-0.15, -0.1) is 11.3 Å². The number of ether oxygens (including phenoxy) is 1. The molecule has 0 saturated heterocycles. The molecule has 31 heavy (non-hydrogen) atoms. The van der Waals surface area contributed by atoms with Gasteiger partial charge in [0, 0.05) is 5.69 Å². The van der Waals surface area contributed by atoms with Crippen LogP contribution in [0, 0.1) is 5.82 Å². The molecule has 2 heterocycles. The number of halogens is 1. The summed E-state index contributed by atoms with van der Waals surface area (Å²) in [6.45, 7) is -0.262. The third kappa shape index (κ3) is 4.95. The Morgan fingerprint density at radius 2 is 1.94 bits per heavy atom. The molecule has 1 N–H and O–H groups in total. The van der Waals surface area contributed by atoms with Crippen molar-refractivity contribution in [2.45, 2.75) is 11.5 Å². The third-order valence-electron chi connectivity index (χ3n) is 4.01. The number of sulfonamides is 1.